The Hall–Kier alpha value is -0.720. The van der Waals surface area contributed by atoms with E-state index in [9.17, 15) is 0 Å². The lowest BCUT2D eigenvalue weighted by Gasteiger charge is -2.34. The minimum absolute atomic E-state index is 0.363. The average molecular weight is 314 g/mol. The van der Waals surface area contributed by atoms with Crippen molar-refractivity contribution >= 4 is 39.3 Å². The molecule has 1 fully saturated rings. The first-order chi connectivity index (χ1) is 8.19. The summed E-state index contributed by atoms with van der Waals surface area (Å²) in [4.78, 5) is 7.63. The van der Waals surface area contributed by atoms with Crippen molar-refractivity contribution in [1.29, 1.82) is 0 Å². The zero-order chi connectivity index (χ0) is 12.0. The van der Waals surface area contributed by atoms with Gasteiger partial charge in [0.05, 0.1) is 11.6 Å². The number of H-pyrrole nitrogens is 1. The molecule has 2 aromatic heterocycles. The van der Waals surface area contributed by atoms with E-state index in [0.717, 1.165) is 33.2 Å². The number of rotatable bonds is 2. The van der Waals surface area contributed by atoms with Crippen LogP contribution in [0.25, 0.3) is 11.2 Å². The Labute approximate surface area is 112 Å². The van der Waals surface area contributed by atoms with Gasteiger partial charge >= 0.3 is 0 Å². The standard InChI is InChI=1S/C11H12BrN3OS/c1-16-8-3-7(4-8)15-10-9(14-11(15)17)2-6(12)5-13-10/h2,5,7-8H,3-4H2,1H3,(H,14,17). The van der Waals surface area contributed by atoms with Crippen LogP contribution in [0.2, 0.25) is 0 Å². The van der Waals surface area contributed by atoms with Crippen LogP contribution in [0.15, 0.2) is 16.7 Å². The molecule has 0 bridgehead atoms. The van der Waals surface area contributed by atoms with Crippen LogP contribution >= 0.6 is 28.1 Å². The topological polar surface area (TPSA) is 42.8 Å². The van der Waals surface area contributed by atoms with Crippen molar-refractivity contribution < 1.29 is 4.74 Å². The molecule has 17 heavy (non-hydrogen) atoms. The van der Waals surface area contributed by atoms with Crippen molar-refractivity contribution in [3.05, 3.63) is 21.5 Å². The van der Waals surface area contributed by atoms with Crippen molar-refractivity contribution in [1.82, 2.24) is 14.5 Å². The first-order valence-electron chi connectivity index (χ1n) is 5.47. The fourth-order valence-corrected chi connectivity index (χ4v) is 2.94. The van der Waals surface area contributed by atoms with Crippen LogP contribution < -0.4 is 0 Å². The lowest BCUT2D eigenvalue weighted by atomic mass is 9.89. The minimum Gasteiger partial charge on any atom is -0.381 e. The van der Waals surface area contributed by atoms with E-state index in [-0.39, 0.29) is 0 Å². The molecule has 2 heterocycles. The van der Waals surface area contributed by atoms with Crippen LogP contribution in [-0.4, -0.2) is 27.7 Å². The van der Waals surface area contributed by atoms with Gasteiger partial charge in [-0.25, -0.2) is 4.98 Å². The van der Waals surface area contributed by atoms with E-state index in [1.54, 1.807) is 13.3 Å². The molecule has 0 radical (unpaired) electrons. The number of halogens is 1. The molecular formula is C11H12BrN3OS. The highest BCUT2D eigenvalue weighted by Crippen LogP contribution is 2.36. The van der Waals surface area contributed by atoms with E-state index in [1.165, 1.54) is 0 Å². The van der Waals surface area contributed by atoms with Crippen LogP contribution in [0, 0.1) is 4.77 Å². The summed E-state index contributed by atoms with van der Waals surface area (Å²) in [5, 5.41) is 0. The molecule has 90 valence electrons. The summed E-state index contributed by atoms with van der Waals surface area (Å²) in [6.45, 7) is 0. The molecule has 0 saturated heterocycles. The smallest absolute Gasteiger partial charge is 0.179 e. The third-order valence-corrected chi connectivity index (χ3v) is 4.02. The van der Waals surface area contributed by atoms with Gasteiger partial charge in [-0.1, -0.05) is 0 Å². The van der Waals surface area contributed by atoms with E-state index in [0.29, 0.717) is 12.1 Å². The van der Waals surface area contributed by atoms with E-state index in [2.05, 4.69) is 30.5 Å². The Balaban J connectivity index is 2.05. The molecule has 6 heteroatoms. The van der Waals surface area contributed by atoms with Gasteiger partial charge in [0.25, 0.3) is 0 Å². The Morgan fingerprint density at radius 2 is 2.35 bits per heavy atom. The Kier molecular flexibility index (Phi) is 2.80. The van der Waals surface area contributed by atoms with Crippen LogP contribution in [0.5, 0.6) is 0 Å². The molecule has 1 N–H and O–H groups in total. The summed E-state index contributed by atoms with van der Waals surface area (Å²) in [6.07, 6.45) is 4.18. The number of methoxy groups -OCH3 is 1. The molecule has 1 aliphatic rings. The second-order valence-corrected chi connectivity index (χ2v) is 5.61. The number of aromatic amines is 1. The quantitative estimate of drug-likeness (QED) is 0.866. The average Bonchev–Trinajstić information content (AvgIpc) is 2.53. The fraction of sp³-hybridized carbons (Fsp3) is 0.455. The molecule has 4 nitrogen and oxygen atoms in total. The first kappa shape index (κ1) is 11.4. The number of nitrogens with zero attached hydrogens (tertiary/aromatic N) is 2. The van der Waals surface area contributed by atoms with Crippen LogP contribution in [0.3, 0.4) is 0 Å². The number of fused-ring (bicyclic) bond motifs is 1. The van der Waals surface area contributed by atoms with Crippen molar-refractivity contribution in [2.45, 2.75) is 25.0 Å². The molecule has 0 unspecified atom stereocenters. The number of hydrogen-bond donors (Lipinski definition) is 1. The summed E-state index contributed by atoms with van der Waals surface area (Å²) in [5.74, 6) is 0. The molecule has 0 spiro atoms. The van der Waals surface area contributed by atoms with E-state index >= 15 is 0 Å². The van der Waals surface area contributed by atoms with Crippen LogP contribution in [0.4, 0.5) is 0 Å². The zero-order valence-electron chi connectivity index (χ0n) is 9.31. The molecule has 0 amide bonds. The first-order valence-corrected chi connectivity index (χ1v) is 6.67. The van der Waals surface area contributed by atoms with Crippen molar-refractivity contribution in [3.8, 4) is 0 Å². The minimum atomic E-state index is 0.363. The molecule has 0 aromatic carbocycles. The van der Waals surface area contributed by atoms with Crippen LogP contribution in [0.1, 0.15) is 18.9 Å². The van der Waals surface area contributed by atoms with E-state index in [4.69, 9.17) is 17.0 Å². The summed E-state index contributed by atoms with van der Waals surface area (Å²) < 4.78 is 9.10. The van der Waals surface area contributed by atoms with E-state index in [1.807, 2.05) is 6.07 Å². The molecule has 3 rings (SSSR count). The number of ether oxygens (including phenoxy) is 1. The summed E-state index contributed by atoms with van der Waals surface area (Å²) in [7, 11) is 1.75. The largest absolute Gasteiger partial charge is 0.381 e. The van der Waals surface area contributed by atoms with Crippen molar-refractivity contribution in [3.63, 3.8) is 0 Å². The van der Waals surface area contributed by atoms with Gasteiger partial charge in [0.1, 0.15) is 0 Å². The third-order valence-electron chi connectivity index (χ3n) is 3.29. The number of aromatic nitrogens is 3. The second-order valence-electron chi connectivity index (χ2n) is 4.31. The van der Waals surface area contributed by atoms with Gasteiger partial charge in [0.15, 0.2) is 10.4 Å². The Morgan fingerprint density at radius 1 is 1.59 bits per heavy atom. The highest BCUT2D eigenvalue weighted by Gasteiger charge is 2.32. The van der Waals surface area contributed by atoms with Gasteiger partial charge in [-0.2, -0.15) is 0 Å². The summed E-state index contributed by atoms with van der Waals surface area (Å²) in [5.41, 5.74) is 1.91. The van der Waals surface area contributed by atoms with Gasteiger partial charge < -0.3 is 9.72 Å². The molecule has 2 aromatic rings. The lowest BCUT2D eigenvalue weighted by molar-refractivity contribution is 0.00683. The monoisotopic (exact) mass is 313 g/mol. The maximum absolute atomic E-state index is 5.36. The van der Waals surface area contributed by atoms with Gasteiger partial charge in [-0.3, -0.25) is 4.57 Å². The lowest BCUT2D eigenvalue weighted by Crippen LogP contribution is -2.32. The Morgan fingerprint density at radius 3 is 3.06 bits per heavy atom. The van der Waals surface area contributed by atoms with Crippen LogP contribution in [-0.2, 0) is 4.74 Å². The third kappa shape index (κ3) is 1.84. The van der Waals surface area contributed by atoms with Crippen molar-refractivity contribution in [2.75, 3.05) is 7.11 Å². The van der Waals surface area contributed by atoms with Crippen molar-refractivity contribution in [2.24, 2.45) is 0 Å². The summed E-state index contributed by atoms with van der Waals surface area (Å²) in [6, 6.07) is 2.41. The SMILES string of the molecule is COC1CC(n2c(=S)[nH]c3cc(Br)cnc32)C1. The highest BCUT2D eigenvalue weighted by molar-refractivity contribution is 9.10. The molecule has 1 saturated carbocycles. The number of hydrogen-bond acceptors (Lipinski definition) is 3. The predicted molar refractivity (Wildman–Crippen MR) is 71.7 cm³/mol. The number of imidazole rings is 1. The number of pyridine rings is 1. The maximum atomic E-state index is 5.36. The molecule has 0 aliphatic heterocycles. The van der Waals surface area contributed by atoms with Gasteiger partial charge in [-0.15, -0.1) is 0 Å². The van der Waals surface area contributed by atoms with Gasteiger partial charge in [0.2, 0.25) is 0 Å². The normalized spacial score (nSPS) is 23.9. The van der Waals surface area contributed by atoms with Gasteiger partial charge in [-0.05, 0) is 47.1 Å². The van der Waals surface area contributed by atoms with Gasteiger partial charge in [0, 0.05) is 23.8 Å². The summed E-state index contributed by atoms with van der Waals surface area (Å²) >= 11 is 8.77. The fourth-order valence-electron chi connectivity index (χ4n) is 2.27. The molecule has 0 atom stereocenters. The predicted octanol–water partition coefficient (Wildman–Crippen LogP) is 3.21. The maximum Gasteiger partial charge on any atom is 0.179 e. The molecular weight excluding hydrogens is 302 g/mol. The van der Waals surface area contributed by atoms with E-state index < -0.39 is 0 Å². The Bertz CT molecular complexity index is 615. The number of nitrogens with one attached hydrogen (secondary N) is 1. The highest BCUT2D eigenvalue weighted by atomic mass is 79.9. The zero-order valence-corrected chi connectivity index (χ0v) is 11.7. The second kappa shape index (κ2) is 4.19. The molecule has 1 aliphatic carbocycles.